The lowest BCUT2D eigenvalue weighted by molar-refractivity contribution is -0.144. The number of halogens is 5. The number of hydrogen-bond donors (Lipinski definition) is 1. The van der Waals surface area contributed by atoms with Crippen LogP contribution in [0.3, 0.4) is 0 Å². The van der Waals surface area contributed by atoms with Crippen molar-refractivity contribution in [1.29, 1.82) is 0 Å². The first-order chi connectivity index (χ1) is 7.80. The van der Waals surface area contributed by atoms with Crippen molar-refractivity contribution in [3.05, 3.63) is 28.2 Å². The van der Waals surface area contributed by atoms with Gasteiger partial charge in [-0.3, -0.25) is 0 Å². The van der Waals surface area contributed by atoms with E-state index in [9.17, 15) is 17.6 Å². The van der Waals surface area contributed by atoms with Crippen LogP contribution in [0, 0.1) is 0 Å². The summed E-state index contributed by atoms with van der Waals surface area (Å²) in [5, 5.41) is 0. The third kappa shape index (κ3) is 2.90. The van der Waals surface area contributed by atoms with Gasteiger partial charge in [0.05, 0.1) is 7.11 Å². The monoisotopic (exact) mass is 315 g/mol. The van der Waals surface area contributed by atoms with Crippen molar-refractivity contribution in [2.24, 2.45) is 5.73 Å². The zero-order valence-corrected chi connectivity index (χ0v) is 10.3. The predicted molar refractivity (Wildman–Crippen MR) is 58.6 cm³/mol. The summed E-state index contributed by atoms with van der Waals surface area (Å²) in [4.78, 5) is 0. The fraction of sp³-hybridized carbons (Fsp3) is 0.400. The molecule has 0 bridgehead atoms. The summed E-state index contributed by atoms with van der Waals surface area (Å²) in [5.74, 6) is -3.87. The number of nitrogens with two attached hydrogens (primary N) is 1. The quantitative estimate of drug-likeness (QED) is 0.865. The molecule has 7 heteroatoms. The summed E-state index contributed by atoms with van der Waals surface area (Å²) in [6.45, 7) is 0. The highest BCUT2D eigenvalue weighted by Gasteiger charge is 2.48. The molecule has 1 aromatic rings. The van der Waals surface area contributed by atoms with Crippen LogP contribution in [0.2, 0.25) is 0 Å². The zero-order valence-electron chi connectivity index (χ0n) is 8.76. The smallest absolute Gasteiger partial charge is 0.326 e. The van der Waals surface area contributed by atoms with E-state index in [1.54, 1.807) is 0 Å². The maximum absolute atomic E-state index is 13.1. The lowest BCUT2D eigenvalue weighted by Gasteiger charge is -2.24. The van der Waals surface area contributed by atoms with Crippen LogP contribution >= 0.6 is 15.9 Å². The molecular weight excluding hydrogens is 306 g/mol. The number of alkyl halides is 4. The molecule has 0 saturated carbocycles. The lowest BCUT2D eigenvalue weighted by Crippen LogP contribution is -2.39. The van der Waals surface area contributed by atoms with Crippen molar-refractivity contribution < 1.29 is 22.3 Å². The molecule has 0 aromatic heterocycles. The van der Waals surface area contributed by atoms with E-state index in [0.717, 1.165) is 0 Å². The van der Waals surface area contributed by atoms with Crippen LogP contribution in [0.5, 0.6) is 5.75 Å². The van der Waals surface area contributed by atoms with E-state index in [1.165, 1.54) is 25.3 Å². The Labute approximate surface area is 104 Å². The molecule has 1 rings (SSSR count). The highest BCUT2D eigenvalue weighted by molar-refractivity contribution is 9.10. The van der Waals surface area contributed by atoms with Crippen LogP contribution in [0.15, 0.2) is 22.7 Å². The Morgan fingerprint density at radius 3 is 2.35 bits per heavy atom. The van der Waals surface area contributed by atoms with Crippen molar-refractivity contribution in [2.45, 2.75) is 18.4 Å². The highest BCUT2D eigenvalue weighted by Crippen LogP contribution is 2.38. The molecule has 0 aliphatic carbocycles. The van der Waals surface area contributed by atoms with E-state index in [-0.39, 0.29) is 10.0 Å². The highest BCUT2D eigenvalue weighted by atomic mass is 79.9. The van der Waals surface area contributed by atoms with E-state index in [0.29, 0.717) is 5.75 Å². The van der Waals surface area contributed by atoms with E-state index in [2.05, 4.69) is 15.9 Å². The van der Waals surface area contributed by atoms with Gasteiger partial charge in [0.2, 0.25) is 0 Å². The first-order valence-electron chi connectivity index (χ1n) is 4.55. The van der Waals surface area contributed by atoms with E-state index < -0.39 is 18.4 Å². The second kappa shape index (κ2) is 5.22. The van der Waals surface area contributed by atoms with Crippen molar-refractivity contribution >= 4 is 15.9 Å². The van der Waals surface area contributed by atoms with Crippen molar-refractivity contribution in [3.63, 3.8) is 0 Å². The molecule has 1 aromatic carbocycles. The topological polar surface area (TPSA) is 35.2 Å². The van der Waals surface area contributed by atoms with Crippen LogP contribution in [-0.4, -0.2) is 19.5 Å². The number of methoxy groups -OCH3 is 1. The van der Waals surface area contributed by atoms with Crippen molar-refractivity contribution in [2.75, 3.05) is 7.11 Å². The van der Waals surface area contributed by atoms with Crippen LogP contribution in [0.1, 0.15) is 11.6 Å². The molecule has 0 heterocycles. The molecule has 0 saturated heterocycles. The molecule has 0 aliphatic rings. The normalized spacial score (nSPS) is 13.9. The molecule has 0 spiro atoms. The first kappa shape index (κ1) is 14.2. The summed E-state index contributed by atoms with van der Waals surface area (Å²) in [7, 11) is 1.40. The Kier molecular flexibility index (Phi) is 4.37. The van der Waals surface area contributed by atoms with Crippen LogP contribution in [-0.2, 0) is 0 Å². The van der Waals surface area contributed by atoms with Gasteiger partial charge in [-0.2, -0.15) is 8.78 Å². The molecular formula is C10H10BrF4NO. The lowest BCUT2D eigenvalue weighted by atomic mass is 10.0. The van der Waals surface area contributed by atoms with Crippen molar-refractivity contribution in [3.8, 4) is 5.75 Å². The van der Waals surface area contributed by atoms with Gasteiger partial charge in [0, 0.05) is 4.47 Å². The van der Waals surface area contributed by atoms with Gasteiger partial charge in [0.25, 0.3) is 0 Å². The van der Waals surface area contributed by atoms with Crippen LogP contribution < -0.4 is 10.5 Å². The zero-order chi connectivity index (χ0) is 13.2. The minimum Gasteiger partial charge on any atom is -0.497 e. The first-order valence-corrected chi connectivity index (χ1v) is 5.35. The van der Waals surface area contributed by atoms with Gasteiger partial charge in [0.1, 0.15) is 11.8 Å². The fourth-order valence-corrected chi connectivity index (χ4v) is 1.83. The van der Waals surface area contributed by atoms with Crippen LogP contribution in [0.4, 0.5) is 17.6 Å². The molecule has 1 unspecified atom stereocenters. The Morgan fingerprint density at radius 1 is 1.35 bits per heavy atom. The molecule has 0 fully saturated rings. The molecule has 0 amide bonds. The van der Waals surface area contributed by atoms with Gasteiger partial charge in [0.15, 0.2) is 0 Å². The summed E-state index contributed by atoms with van der Waals surface area (Å²) in [5.41, 5.74) is 5.06. The Hall–Kier alpha value is -0.820. The van der Waals surface area contributed by atoms with Gasteiger partial charge >= 0.3 is 12.3 Å². The minimum atomic E-state index is -4.28. The predicted octanol–water partition coefficient (Wildman–Crippen LogP) is 3.36. The average molecular weight is 316 g/mol. The number of benzene rings is 1. The van der Waals surface area contributed by atoms with Gasteiger partial charge in [-0.05, 0) is 17.7 Å². The largest absolute Gasteiger partial charge is 0.497 e. The summed E-state index contributed by atoms with van der Waals surface area (Å²) >= 11 is 2.99. The molecule has 1 atom stereocenters. The number of rotatable bonds is 4. The third-order valence-corrected chi connectivity index (χ3v) is 2.94. The number of ether oxygens (including phenoxy) is 1. The molecule has 96 valence electrons. The second-order valence-electron chi connectivity index (χ2n) is 3.34. The number of hydrogen-bond acceptors (Lipinski definition) is 2. The van der Waals surface area contributed by atoms with E-state index in [1.807, 2.05) is 0 Å². The minimum absolute atomic E-state index is 0.101. The Balaban J connectivity index is 3.08. The molecule has 2 N–H and O–H groups in total. The Bertz CT molecular complexity index is 400. The molecule has 2 nitrogen and oxygen atoms in total. The maximum atomic E-state index is 13.1. The fourth-order valence-electron chi connectivity index (χ4n) is 1.23. The maximum Gasteiger partial charge on any atom is 0.326 e. The van der Waals surface area contributed by atoms with E-state index in [4.69, 9.17) is 10.5 Å². The van der Waals surface area contributed by atoms with Gasteiger partial charge in [-0.15, -0.1) is 0 Å². The summed E-state index contributed by atoms with van der Waals surface area (Å²) in [6.07, 6.45) is -3.81. The van der Waals surface area contributed by atoms with E-state index >= 15 is 0 Å². The summed E-state index contributed by atoms with van der Waals surface area (Å²) in [6, 6.07) is 1.91. The van der Waals surface area contributed by atoms with Gasteiger partial charge < -0.3 is 10.5 Å². The molecule has 0 radical (unpaired) electrons. The van der Waals surface area contributed by atoms with Gasteiger partial charge in [-0.1, -0.05) is 22.0 Å². The van der Waals surface area contributed by atoms with Crippen LogP contribution in [0.25, 0.3) is 0 Å². The second-order valence-corrected chi connectivity index (χ2v) is 4.19. The third-order valence-electron chi connectivity index (χ3n) is 2.25. The molecule has 17 heavy (non-hydrogen) atoms. The average Bonchev–Trinajstić information content (AvgIpc) is 2.27. The Morgan fingerprint density at radius 2 is 1.94 bits per heavy atom. The van der Waals surface area contributed by atoms with Gasteiger partial charge in [-0.25, -0.2) is 8.78 Å². The summed E-state index contributed by atoms with van der Waals surface area (Å²) < 4.78 is 55.5. The van der Waals surface area contributed by atoms with Crippen molar-refractivity contribution in [1.82, 2.24) is 0 Å². The SMILES string of the molecule is COc1ccc(C(N)C(F)(F)C(F)F)c(Br)c1. The molecule has 0 aliphatic heterocycles. The standard InChI is InChI=1S/C10H10BrF4NO/c1-17-5-2-3-6(7(11)4-5)8(16)10(14,15)9(12)13/h2-4,8-9H,16H2,1H3.